The molecule has 1 aromatic heterocycles. The highest BCUT2D eigenvalue weighted by molar-refractivity contribution is 14.1. The topological polar surface area (TPSA) is 50.2 Å². The molecule has 0 unspecified atom stereocenters. The molecule has 1 aromatic rings. The van der Waals surface area contributed by atoms with Crippen molar-refractivity contribution in [2.24, 2.45) is 0 Å². The molecule has 0 aliphatic heterocycles. The third-order valence-corrected chi connectivity index (χ3v) is 3.04. The average Bonchev–Trinajstić information content (AvgIpc) is 2.16. The number of pyridine rings is 1. The van der Waals surface area contributed by atoms with Gasteiger partial charge in [-0.15, -0.1) is 11.6 Å². The normalized spacial score (nSPS) is 10.8. The minimum absolute atomic E-state index is 0.0530. The standard InChI is InChI=1S/C9H7ClF2INO2/c10-3-5-4(2-7(15)16)1-6(8(11)12)14-9(5)13/h1,8H,2-3H2,(H,15,16). The molecule has 0 saturated heterocycles. The second-order valence-corrected chi connectivity index (χ2v) is 4.27. The minimum Gasteiger partial charge on any atom is -0.481 e. The van der Waals surface area contributed by atoms with E-state index in [1.165, 1.54) is 0 Å². The fourth-order valence-electron chi connectivity index (χ4n) is 1.18. The number of nitrogens with zero attached hydrogens (tertiary/aromatic N) is 1. The summed E-state index contributed by atoms with van der Waals surface area (Å²) in [7, 11) is 0. The van der Waals surface area contributed by atoms with Gasteiger partial charge in [-0.3, -0.25) is 4.79 Å². The average molecular weight is 362 g/mol. The highest BCUT2D eigenvalue weighted by Gasteiger charge is 2.17. The fraction of sp³-hybridized carbons (Fsp3) is 0.333. The van der Waals surface area contributed by atoms with Crippen molar-refractivity contribution in [1.29, 1.82) is 0 Å². The maximum absolute atomic E-state index is 12.5. The largest absolute Gasteiger partial charge is 0.481 e. The van der Waals surface area contributed by atoms with Crippen molar-refractivity contribution in [3.63, 3.8) is 0 Å². The first-order valence-corrected chi connectivity index (χ1v) is 5.81. The van der Waals surface area contributed by atoms with E-state index in [1.54, 1.807) is 22.6 Å². The van der Waals surface area contributed by atoms with Crippen LogP contribution in [0.15, 0.2) is 6.07 Å². The van der Waals surface area contributed by atoms with Crippen molar-refractivity contribution < 1.29 is 18.7 Å². The number of carbonyl (C=O) groups is 1. The zero-order valence-electron chi connectivity index (χ0n) is 7.88. The Kier molecular flexibility index (Phi) is 4.85. The molecule has 1 rings (SSSR count). The summed E-state index contributed by atoms with van der Waals surface area (Å²) < 4.78 is 25.2. The van der Waals surface area contributed by atoms with Gasteiger partial charge in [0.25, 0.3) is 6.43 Å². The van der Waals surface area contributed by atoms with Crippen molar-refractivity contribution in [1.82, 2.24) is 4.98 Å². The number of aromatic nitrogens is 1. The molecule has 0 fully saturated rings. The van der Waals surface area contributed by atoms with Gasteiger partial charge in [0, 0.05) is 5.56 Å². The predicted octanol–water partition coefficient (Wildman–Crippen LogP) is 2.99. The molecule has 88 valence electrons. The lowest BCUT2D eigenvalue weighted by Gasteiger charge is -2.09. The van der Waals surface area contributed by atoms with Gasteiger partial charge in [0.15, 0.2) is 0 Å². The molecule has 0 spiro atoms. The maximum atomic E-state index is 12.5. The molecule has 0 atom stereocenters. The first kappa shape index (κ1) is 13.6. The summed E-state index contributed by atoms with van der Waals surface area (Å²) in [5, 5.41) is 8.65. The summed E-state index contributed by atoms with van der Waals surface area (Å²) in [5.41, 5.74) is 0.362. The van der Waals surface area contributed by atoms with Gasteiger partial charge in [-0.05, 0) is 34.2 Å². The molecular weight excluding hydrogens is 354 g/mol. The molecule has 0 aliphatic rings. The third kappa shape index (κ3) is 3.24. The van der Waals surface area contributed by atoms with E-state index in [-0.39, 0.29) is 17.9 Å². The van der Waals surface area contributed by atoms with E-state index < -0.39 is 18.1 Å². The minimum atomic E-state index is -2.72. The smallest absolute Gasteiger partial charge is 0.307 e. The van der Waals surface area contributed by atoms with Crippen LogP contribution in [-0.2, 0) is 17.1 Å². The van der Waals surface area contributed by atoms with E-state index in [0.717, 1.165) is 6.07 Å². The van der Waals surface area contributed by atoms with Gasteiger partial charge in [-0.2, -0.15) is 0 Å². The Labute approximate surface area is 109 Å². The number of hydrogen-bond acceptors (Lipinski definition) is 2. The summed E-state index contributed by atoms with van der Waals surface area (Å²) in [6, 6.07) is 1.10. The van der Waals surface area contributed by atoms with Gasteiger partial charge >= 0.3 is 5.97 Å². The van der Waals surface area contributed by atoms with Gasteiger partial charge in [0.2, 0.25) is 0 Å². The number of carboxylic acids is 1. The van der Waals surface area contributed by atoms with Crippen LogP contribution in [0.25, 0.3) is 0 Å². The lowest BCUT2D eigenvalue weighted by atomic mass is 10.1. The Hall–Kier alpha value is -0.500. The SMILES string of the molecule is O=C(O)Cc1cc(C(F)F)nc(I)c1CCl. The summed E-state index contributed by atoms with van der Waals surface area (Å²) in [4.78, 5) is 14.2. The van der Waals surface area contributed by atoms with Crippen molar-refractivity contribution in [3.05, 3.63) is 26.6 Å². The summed E-state index contributed by atoms with van der Waals surface area (Å²) >= 11 is 7.40. The molecular formula is C9H7ClF2INO2. The fourth-order valence-corrected chi connectivity index (χ4v) is 2.52. The monoisotopic (exact) mass is 361 g/mol. The van der Waals surface area contributed by atoms with Crippen molar-refractivity contribution in [2.75, 3.05) is 0 Å². The molecule has 0 saturated carbocycles. The Morgan fingerprint density at radius 3 is 2.69 bits per heavy atom. The number of carboxylic acid groups (broad SMARTS) is 1. The molecule has 16 heavy (non-hydrogen) atoms. The third-order valence-electron chi connectivity index (χ3n) is 1.88. The highest BCUT2D eigenvalue weighted by Crippen LogP contribution is 2.24. The molecule has 0 aromatic carbocycles. The van der Waals surface area contributed by atoms with Crippen LogP contribution in [0.5, 0.6) is 0 Å². The number of rotatable bonds is 4. The van der Waals surface area contributed by atoms with Crippen molar-refractivity contribution in [3.8, 4) is 0 Å². The van der Waals surface area contributed by atoms with Crippen LogP contribution in [0.1, 0.15) is 23.2 Å². The predicted molar refractivity (Wildman–Crippen MR) is 62.8 cm³/mol. The Bertz CT molecular complexity index is 415. The van der Waals surface area contributed by atoms with Crippen LogP contribution in [-0.4, -0.2) is 16.1 Å². The van der Waals surface area contributed by atoms with E-state index in [9.17, 15) is 13.6 Å². The van der Waals surface area contributed by atoms with E-state index in [0.29, 0.717) is 9.26 Å². The van der Waals surface area contributed by atoms with E-state index in [2.05, 4.69) is 4.98 Å². The lowest BCUT2D eigenvalue weighted by Crippen LogP contribution is -2.08. The second-order valence-electron chi connectivity index (χ2n) is 2.98. The highest BCUT2D eigenvalue weighted by atomic mass is 127. The van der Waals surface area contributed by atoms with Crippen molar-refractivity contribution in [2.45, 2.75) is 18.7 Å². The molecule has 7 heteroatoms. The molecule has 1 N–H and O–H groups in total. The van der Waals surface area contributed by atoms with Crippen LogP contribution >= 0.6 is 34.2 Å². The molecule has 1 heterocycles. The number of alkyl halides is 3. The number of aliphatic carboxylic acids is 1. The van der Waals surface area contributed by atoms with Crippen LogP contribution in [0, 0.1) is 3.70 Å². The van der Waals surface area contributed by atoms with E-state index in [1.807, 2.05) is 0 Å². The molecule has 0 amide bonds. The zero-order chi connectivity index (χ0) is 12.3. The van der Waals surface area contributed by atoms with E-state index >= 15 is 0 Å². The quantitative estimate of drug-likeness (QED) is 0.510. The Morgan fingerprint density at radius 1 is 1.62 bits per heavy atom. The molecule has 0 aliphatic carbocycles. The van der Waals surface area contributed by atoms with Gasteiger partial charge in [0.05, 0.1) is 12.3 Å². The molecule has 0 bridgehead atoms. The van der Waals surface area contributed by atoms with Gasteiger partial charge in [-0.25, -0.2) is 13.8 Å². The first-order chi connectivity index (χ1) is 7.45. The Balaban J connectivity index is 3.24. The zero-order valence-corrected chi connectivity index (χ0v) is 10.8. The van der Waals surface area contributed by atoms with E-state index in [4.69, 9.17) is 16.7 Å². The maximum Gasteiger partial charge on any atom is 0.307 e. The van der Waals surface area contributed by atoms with Crippen LogP contribution in [0.2, 0.25) is 0 Å². The van der Waals surface area contributed by atoms with Gasteiger partial charge < -0.3 is 5.11 Å². The van der Waals surface area contributed by atoms with Crippen LogP contribution in [0.3, 0.4) is 0 Å². The first-order valence-electron chi connectivity index (χ1n) is 4.19. The number of halogens is 4. The van der Waals surface area contributed by atoms with Crippen LogP contribution < -0.4 is 0 Å². The molecule has 3 nitrogen and oxygen atoms in total. The van der Waals surface area contributed by atoms with Gasteiger partial charge in [0.1, 0.15) is 9.39 Å². The lowest BCUT2D eigenvalue weighted by molar-refractivity contribution is -0.136. The number of hydrogen-bond donors (Lipinski definition) is 1. The Morgan fingerprint density at radius 2 is 2.25 bits per heavy atom. The summed E-state index contributed by atoms with van der Waals surface area (Å²) in [6.45, 7) is 0. The summed E-state index contributed by atoms with van der Waals surface area (Å²) in [5.74, 6) is -1.04. The second kappa shape index (κ2) is 5.72. The van der Waals surface area contributed by atoms with Gasteiger partial charge in [-0.1, -0.05) is 0 Å². The molecule has 0 radical (unpaired) electrons. The summed E-state index contributed by atoms with van der Waals surface area (Å²) in [6.07, 6.45) is -3.05. The van der Waals surface area contributed by atoms with Crippen molar-refractivity contribution >= 4 is 40.2 Å². The van der Waals surface area contributed by atoms with Crippen LogP contribution in [0.4, 0.5) is 8.78 Å².